The van der Waals surface area contributed by atoms with Gasteiger partial charge in [-0.25, -0.2) is 0 Å². The Balaban J connectivity index is 2.34. The van der Waals surface area contributed by atoms with Crippen LogP contribution < -0.4 is 5.32 Å². The Morgan fingerprint density at radius 2 is 2.37 bits per heavy atom. The highest BCUT2D eigenvalue weighted by molar-refractivity contribution is 6.33. The van der Waals surface area contributed by atoms with Crippen molar-refractivity contribution >= 4 is 17.4 Å². The highest BCUT2D eigenvalue weighted by Crippen LogP contribution is 2.35. The molecule has 0 saturated carbocycles. The fourth-order valence-electron chi connectivity index (χ4n) is 2.84. The van der Waals surface area contributed by atoms with Gasteiger partial charge in [-0.05, 0) is 32.2 Å². The molecule has 1 aliphatic rings. The minimum absolute atomic E-state index is 0.151. The number of hydrogen-bond acceptors (Lipinski definition) is 3. The summed E-state index contributed by atoms with van der Waals surface area (Å²) >= 11 is 6.19. The molecule has 0 radical (unpaired) electrons. The van der Waals surface area contributed by atoms with E-state index < -0.39 is 0 Å². The van der Waals surface area contributed by atoms with E-state index in [1.54, 1.807) is 10.9 Å². The molecule has 1 atom stereocenters. The lowest BCUT2D eigenvalue weighted by Gasteiger charge is -2.35. The summed E-state index contributed by atoms with van der Waals surface area (Å²) in [7, 11) is 0. The number of halogens is 1. The van der Waals surface area contributed by atoms with E-state index in [0.29, 0.717) is 10.7 Å². The first-order valence-corrected chi connectivity index (χ1v) is 7.49. The first-order valence-electron chi connectivity index (χ1n) is 7.11. The monoisotopic (exact) mass is 283 g/mol. The normalized spacial score (nSPS) is 23.5. The van der Waals surface area contributed by atoms with Gasteiger partial charge in [0.25, 0.3) is 0 Å². The van der Waals surface area contributed by atoms with Crippen molar-refractivity contribution in [2.45, 2.75) is 46.1 Å². The largest absolute Gasteiger partial charge is 0.316 e. The zero-order chi connectivity index (χ0) is 13.9. The van der Waals surface area contributed by atoms with Crippen LogP contribution in [0.15, 0.2) is 6.20 Å². The average Bonchev–Trinajstić information content (AvgIpc) is 2.80. The van der Waals surface area contributed by atoms with Crippen LogP contribution in [0.1, 0.15) is 50.0 Å². The molecule has 5 heteroatoms. The van der Waals surface area contributed by atoms with E-state index in [-0.39, 0.29) is 11.2 Å². The van der Waals surface area contributed by atoms with Crippen molar-refractivity contribution in [1.82, 2.24) is 15.1 Å². The minimum Gasteiger partial charge on any atom is -0.316 e. The van der Waals surface area contributed by atoms with Gasteiger partial charge in [0.2, 0.25) is 0 Å². The average molecular weight is 284 g/mol. The summed E-state index contributed by atoms with van der Waals surface area (Å²) < 4.78 is 1.76. The lowest BCUT2D eigenvalue weighted by molar-refractivity contribution is 0.0718. The van der Waals surface area contributed by atoms with Gasteiger partial charge in [-0.2, -0.15) is 5.10 Å². The fraction of sp³-hybridized carbons (Fsp3) is 0.714. The van der Waals surface area contributed by atoms with E-state index >= 15 is 0 Å². The first-order chi connectivity index (χ1) is 9.14. The van der Waals surface area contributed by atoms with Gasteiger partial charge >= 0.3 is 0 Å². The van der Waals surface area contributed by atoms with Crippen molar-refractivity contribution in [2.24, 2.45) is 5.41 Å². The zero-order valence-corrected chi connectivity index (χ0v) is 12.5. The molecule has 1 fully saturated rings. The molecule has 106 valence electrons. The highest BCUT2D eigenvalue weighted by atomic mass is 35.5. The van der Waals surface area contributed by atoms with Gasteiger partial charge in [0.05, 0.1) is 11.2 Å². The van der Waals surface area contributed by atoms with E-state index in [0.717, 1.165) is 45.3 Å². The van der Waals surface area contributed by atoms with Crippen molar-refractivity contribution < 1.29 is 4.79 Å². The number of Topliss-reactive ketones (excluding diaryl/α,β-unsaturated/α-hetero) is 1. The van der Waals surface area contributed by atoms with Crippen LogP contribution in [0.25, 0.3) is 0 Å². The molecule has 0 aliphatic carbocycles. The Hall–Kier alpha value is -0.870. The van der Waals surface area contributed by atoms with E-state index in [1.165, 1.54) is 0 Å². The highest BCUT2D eigenvalue weighted by Gasteiger charge is 2.40. The number of carbonyl (C=O) groups excluding carboxylic acids is 1. The first kappa shape index (κ1) is 14.5. The van der Waals surface area contributed by atoms with Gasteiger partial charge in [0, 0.05) is 18.5 Å². The number of aromatic nitrogens is 2. The predicted octanol–water partition coefficient (Wildman–Crippen LogP) is 2.91. The van der Waals surface area contributed by atoms with Crippen LogP contribution >= 0.6 is 11.6 Å². The van der Waals surface area contributed by atoms with Crippen LogP contribution in [0.5, 0.6) is 0 Å². The third-order valence-electron chi connectivity index (χ3n) is 4.08. The maximum absolute atomic E-state index is 12.9. The molecule has 1 N–H and O–H groups in total. The van der Waals surface area contributed by atoms with E-state index in [4.69, 9.17) is 11.6 Å². The maximum Gasteiger partial charge on any atom is 0.189 e. The number of carbonyl (C=O) groups is 1. The lowest BCUT2D eigenvalue weighted by Crippen LogP contribution is -2.45. The van der Waals surface area contributed by atoms with E-state index in [9.17, 15) is 4.79 Å². The molecule has 0 aromatic carbocycles. The number of nitrogens with one attached hydrogen (secondary N) is 1. The minimum atomic E-state index is -0.312. The van der Waals surface area contributed by atoms with Crippen LogP contribution in [-0.4, -0.2) is 28.7 Å². The predicted molar refractivity (Wildman–Crippen MR) is 76.7 cm³/mol. The van der Waals surface area contributed by atoms with Gasteiger partial charge < -0.3 is 5.32 Å². The summed E-state index contributed by atoms with van der Waals surface area (Å²) in [4.78, 5) is 12.9. The summed E-state index contributed by atoms with van der Waals surface area (Å²) in [5, 5.41) is 8.06. The van der Waals surface area contributed by atoms with Gasteiger partial charge in [-0.15, -0.1) is 0 Å². The summed E-state index contributed by atoms with van der Waals surface area (Å²) in [5.41, 5.74) is 0.280. The molecular weight excluding hydrogens is 262 g/mol. The number of piperidine rings is 1. The molecular formula is C14H22ClN3O. The van der Waals surface area contributed by atoms with Crippen LogP contribution in [0.2, 0.25) is 5.02 Å². The number of ketones is 1. The van der Waals surface area contributed by atoms with Gasteiger partial charge in [0.15, 0.2) is 5.78 Å². The van der Waals surface area contributed by atoms with Crippen molar-refractivity contribution in [1.29, 1.82) is 0 Å². The Labute approximate surface area is 119 Å². The fourth-order valence-corrected chi connectivity index (χ4v) is 3.07. The Morgan fingerprint density at radius 1 is 1.58 bits per heavy atom. The molecule has 1 aliphatic heterocycles. The third kappa shape index (κ3) is 2.70. The standard InChI is InChI=1S/C14H22ClN3O/c1-3-8-18-12(11(15)9-17-18)13(19)14(4-2)6-5-7-16-10-14/h9,16H,3-8,10H2,1-2H3. The number of rotatable bonds is 5. The Bertz CT molecular complexity index is 450. The summed E-state index contributed by atoms with van der Waals surface area (Å²) in [6.07, 6.45) is 5.34. The molecule has 0 spiro atoms. The van der Waals surface area contributed by atoms with Gasteiger partial charge in [0.1, 0.15) is 5.69 Å². The number of hydrogen-bond donors (Lipinski definition) is 1. The van der Waals surface area contributed by atoms with Crippen molar-refractivity contribution in [3.63, 3.8) is 0 Å². The second-order valence-electron chi connectivity index (χ2n) is 5.31. The summed E-state index contributed by atoms with van der Waals surface area (Å²) in [6.45, 7) is 6.63. The number of nitrogens with zero attached hydrogens (tertiary/aromatic N) is 2. The van der Waals surface area contributed by atoms with E-state index in [1.807, 2.05) is 0 Å². The van der Waals surface area contributed by atoms with Crippen molar-refractivity contribution in [3.8, 4) is 0 Å². The van der Waals surface area contributed by atoms with Crippen LogP contribution in [0.4, 0.5) is 0 Å². The SMILES string of the molecule is CCCn1ncc(Cl)c1C(=O)C1(CC)CCCNC1. The lowest BCUT2D eigenvalue weighted by atomic mass is 9.74. The second kappa shape index (κ2) is 6.06. The van der Waals surface area contributed by atoms with Crippen molar-refractivity contribution in [3.05, 3.63) is 16.9 Å². The van der Waals surface area contributed by atoms with Gasteiger partial charge in [-0.1, -0.05) is 25.4 Å². The molecule has 1 saturated heterocycles. The molecule has 0 amide bonds. The molecule has 1 unspecified atom stereocenters. The summed E-state index contributed by atoms with van der Waals surface area (Å²) in [5.74, 6) is 0.151. The molecule has 1 aromatic heterocycles. The van der Waals surface area contributed by atoms with Crippen LogP contribution in [0.3, 0.4) is 0 Å². The number of aryl methyl sites for hydroxylation is 1. The van der Waals surface area contributed by atoms with Crippen LogP contribution in [-0.2, 0) is 6.54 Å². The van der Waals surface area contributed by atoms with Crippen molar-refractivity contribution in [2.75, 3.05) is 13.1 Å². The zero-order valence-electron chi connectivity index (χ0n) is 11.7. The summed E-state index contributed by atoms with van der Waals surface area (Å²) in [6, 6.07) is 0. The topological polar surface area (TPSA) is 46.9 Å². The molecule has 19 heavy (non-hydrogen) atoms. The molecule has 4 nitrogen and oxygen atoms in total. The van der Waals surface area contributed by atoms with Crippen LogP contribution in [0, 0.1) is 5.41 Å². The van der Waals surface area contributed by atoms with E-state index in [2.05, 4.69) is 24.3 Å². The Morgan fingerprint density at radius 3 is 2.95 bits per heavy atom. The molecule has 2 rings (SSSR count). The molecule has 0 bridgehead atoms. The molecule has 1 aromatic rings. The maximum atomic E-state index is 12.9. The third-order valence-corrected chi connectivity index (χ3v) is 4.35. The quantitative estimate of drug-likeness (QED) is 0.845. The van der Waals surface area contributed by atoms with Gasteiger partial charge in [-0.3, -0.25) is 9.48 Å². The molecule has 2 heterocycles. The smallest absolute Gasteiger partial charge is 0.189 e. The second-order valence-corrected chi connectivity index (χ2v) is 5.71. The Kier molecular flexibility index (Phi) is 4.63.